The Kier molecular flexibility index (Phi) is 6.46. The van der Waals surface area contributed by atoms with Gasteiger partial charge in [-0.2, -0.15) is 5.10 Å². The van der Waals surface area contributed by atoms with Gasteiger partial charge >= 0.3 is 5.69 Å². The van der Waals surface area contributed by atoms with Crippen LogP contribution in [0.25, 0.3) is 33.4 Å². The summed E-state index contributed by atoms with van der Waals surface area (Å²) in [6, 6.07) is 16.4. The molecule has 0 aliphatic carbocycles. The molecule has 168 valence electrons. The lowest BCUT2D eigenvalue weighted by Crippen LogP contribution is -2.25. The molecule has 0 spiro atoms. The molecule has 0 unspecified atom stereocenters. The number of H-pyrrole nitrogens is 1. The van der Waals surface area contributed by atoms with Gasteiger partial charge in [-0.1, -0.05) is 50.2 Å². The van der Waals surface area contributed by atoms with Gasteiger partial charge in [-0.05, 0) is 43.8 Å². The van der Waals surface area contributed by atoms with Gasteiger partial charge in [-0.3, -0.25) is 14.2 Å². The molecule has 0 aliphatic heterocycles. The van der Waals surface area contributed by atoms with Crippen LogP contribution in [-0.2, 0) is 14.1 Å². The third kappa shape index (κ3) is 4.08. The molecule has 0 amide bonds. The molecular formula is C25H32N6O. The predicted molar refractivity (Wildman–Crippen MR) is 132 cm³/mol. The van der Waals surface area contributed by atoms with E-state index in [2.05, 4.69) is 58.5 Å². The lowest BCUT2D eigenvalue weighted by molar-refractivity contribution is 0.303. The Morgan fingerprint density at radius 3 is 2.41 bits per heavy atom. The number of aromatic amines is 1. The number of fused-ring (bicyclic) bond motifs is 1. The Balaban J connectivity index is 1.72. The SMILES string of the molecule is CCN(CC)CCCNc1n[nH]c(-c2ccccc2)c1-c1ccc2c(c1)n(C)c(=O)n2C. The van der Waals surface area contributed by atoms with Crippen molar-refractivity contribution in [2.75, 3.05) is 31.5 Å². The number of aryl methyl sites for hydroxylation is 2. The Morgan fingerprint density at radius 1 is 0.969 bits per heavy atom. The minimum Gasteiger partial charge on any atom is -0.368 e. The quantitative estimate of drug-likeness (QED) is 0.391. The molecule has 2 N–H and O–H groups in total. The fourth-order valence-corrected chi connectivity index (χ4v) is 4.28. The van der Waals surface area contributed by atoms with Crippen molar-refractivity contribution < 1.29 is 0 Å². The van der Waals surface area contributed by atoms with Crippen molar-refractivity contribution in [1.29, 1.82) is 0 Å². The number of rotatable bonds is 9. The standard InChI is InChI=1S/C25H32N6O/c1-5-31(6-2)16-10-15-26-24-22(23(27-28-24)18-11-8-7-9-12-18)19-13-14-20-21(17-19)30(4)25(32)29(20)3/h7-9,11-14,17H,5-6,10,15-16H2,1-4H3,(H2,26,27,28). The summed E-state index contributed by atoms with van der Waals surface area (Å²) in [5, 5.41) is 11.4. The molecule has 32 heavy (non-hydrogen) atoms. The molecule has 2 heterocycles. The van der Waals surface area contributed by atoms with Gasteiger partial charge in [0.15, 0.2) is 5.82 Å². The number of nitrogens with zero attached hydrogens (tertiary/aromatic N) is 4. The van der Waals surface area contributed by atoms with E-state index in [-0.39, 0.29) is 5.69 Å². The van der Waals surface area contributed by atoms with E-state index in [9.17, 15) is 4.79 Å². The van der Waals surface area contributed by atoms with Crippen LogP contribution in [0, 0.1) is 0 Å². The molecule has 0 bridgehead atoms. The summed E-state index contributed by atoms with van der Waals surface area (Å²) in [7, 11) is 3.62. The largest absolute Gasteiger partial charge is 0.368 e. The van der Waals surface area contributed by atoms with E-state index in [4.69, 9.17) is 0 Å². The highest BCUT2D eigenvalue weighted by Gasteiger charge is 2.18. The number of hydrogen-bond acceptors (Lipinski definition) is 4. The van der Waals surface area contributed by atoms with Crippen LogP contribution in [-0.4, -0.2) is 50.4 Å². The summed E-state index contributed by atoms with van der Waals surface area (Å²) in [6.07, 6.45) is 1.04. The van der Waals surface area contributed by atoms with Gasteiger partial charge in [0.25, 0.3) is 0 Å². The number of imidazole rings is 1. The monoisotopic (exact) mass is 432 g/mol. The van der Waals surface area contributed by atoms with Gasteiger partial charge in [-0.25, -0.2) is 4.79 Å². The summed E-state index contributed by atoms with van der Waals surface area (Å²) < 4.78 is 3.37. The Hall–Kier alpha value is -3.32. The smallest absolute Gasteiger partial charge is 0.328 e. The Labute approximate surface area is 188 Å². The van der Waals surface area contributed by atoms with Crippen molar-refractivity contribution >= 4 is 16.9 Å². The lowest BCUT2D eigenvalue weighted by atomic mass is 10.00. The molecule has 4 aromatic rings. The van der Waals surface area contributed by atoms with Crippen LogP contribution in [0.1, 0.15) is 20.3 Å². The van der Waals surface area contributed by atoms with Crippen molar-refractivity contribution in [3.05, 3.63) is 59.0 Å². The van der Waals surface area contributed by atoms with Crippen molar-refractivity contribution in [3.63, 3.8) is 0 Å². The molecule has 0 saturated heterocycles. The molecule has 0 atom stereocenters. The molecule has 2 aromatic heterocycles. The number of benzene rings is 2. The number of nitrogens with one attached hydrogen (secondary N) is 2. The zero-order chi connectivity index (χ0) is 22.7. The average Bonchev–Trinajstić information content (AvgIpc) is 3.35. The Morgan fingerprint density at radius 2 is 1.69 bits per heavy atom. The summed E-state index contributed by atoms with van der Waals surface area (Å²) >= 11 is 0. The first kappa shape index (κ1) is 21.9. The van der Waals surface area contributed by atoms with E-state index in [0.29, 0.717) is 0 Å². The van der Waals surface area contributed by atoms with Crippen LogP contribution in [0.3, 0.4) is 0 Å². The first-order chi connectivity index (χ1) is 15.5. The second-order valence-corrected chi connectivity index (χ2v) is 8.10. The van der Waals surface area contributed by atoms with Crippen molar-refractivity contribution in [2.24, 2.45) is 14.1 Å². The van der Waals surface area contributed by atoms with Crippen LogP contribution >= 0.6 is 0 Å². The van der Waals surface area contributed by atoms with Crippen LogP contribution < -0.4 is 11.0 Å². The number of anilines is 1. The molecule has 4 rings (SSSR count). The number of hydrogen-bond donors (Lipinski definition) is 2. The highest BCUT2D eigenvalue weighted by molar-refractivity contribution is 5.92. The van der Waals surface area contributed by atoms with E-state index in [0.717, 1.165) is 71.8 Å². The summed E-state index contributed by atoms with van der Waals surface area (Å²) in [5.41, 5.74) is 5.89. The maximum Gasteiger partial charge on any atom is 0.328 e. The summed E-state index contributed by atoms with van der Waals surface area (Å²) in [4.78, 5) is 14.8. The van der Waals surface area contributed by atoms with Crippen molar-refractivity contribution in [1.82, 2.24) is 24.2 Å². The predicted octanol–water partition coefficient (Wildman–Crippen LogP) is 4.08. The maximum atomic E-state index is 12.4. The Bertz CT molecular complexity index is 1250. The summed E-state index contributed by atoms with van der Waals surface area (Å²) in [5.74, 6) is 0.837. The third-order valence-electron chi connectivity index (χ3n) is 6.23. The van der Waals surface area contributed by atoms with Gasteiger partial charge in [0.1, 0.15) is 0 Å². The molecule has 7 heteroatoms. The van der Waals surface area contributed by atoms with Crippen LogP contribution in [0.4, 0.5) is 5.82 Å². The van der Waals surface area contributed by atoms with E-state index in [1.165, 1.54) is 0 Å². The highest BCUT2D eigenvalue weighted by atomic mass is 16.1. The normalized spacial score (nSPS) is 11.5. The molecule has 0 saturated carbocycles. The zero-order valence-electron chi connectivity index (χ0n) is 19.4. The van der Waals surface area contributed by atoms with E-state index in [1.54, 1.807) is 16.2 Å². The first-order valence-electron chi connectivity index (χ1n) is 11.3. The van der Waals surface area contributed by atoms with Gasteiger partial charge < -0.3 is 10.2 Å². The molecule has 7 nitrogen and oxygen atoms in total. The summed E-state index contributed by atoms with van der Waals surface area (Å²) in [6.45, 7) is 8.43. The van der Waals surface area contributed by atoms with Gasteiger partial charge in [-0.15, -0.1) is 0 Å². The fraction of sp³-hybridized carbons (Fsp3) is 0.360. The minimum absolute atomic E-state index is 0.0256. The molecular weight excluding hydrogens is 400 g/mol. The van der Waals surface area contributed by atoms with Gasteiger partial charge in [0.05, 0.1) is 22.3 Å². The van der Waals surface area contributed by atoms with Crippen molar-refractivity contribution in [3.8, 4) is 22.4 Å². The van der Waals surface area contributed by atoms with Crippen molar-refractivity contribution in [2.45, 2.75) is 20.3 Å². The minimum atomic E-state index is -0.0256. The van der Waals surface area contributed by atoms with E-state index >= 15 is 0 Å². The second kappa shape index (κ2) is 9.44. The lowest BCUT2D eigenvalue weighted by Gasteiger charge is -2.17. The van der Waals surface area contributed by atoms with Gasteiger partial charge in [0.2, 0.25) is 0 Å². The molecule has 0 aliphatic rings. The maximum absolute atomic E-state index is 12.4. The zero-order valence-corrected chi connectivity index (χ0v) is 19.4. The topological polar surface area (TPSA) is 70.9 Å². The highest BCUT2D eigenvalue weighted by Crippen LogP contribution is 2.37. The van der Waals surface area contributed by atoms with E-state index in [1.807, 2.05) is 31.3 Å². The van der Waals surface area contributed by atoms with Crippen LogP contribution in [0.2, 0.25) is 0 Å². The molecule has 0 radical (unpaired) electrons. The van der Waals surface area contributed by atoms with Gasteiger partial charge in [0, 0.05) is 26.2 Å². The fourth-order valence-electron chi connectivity index (χ4n) is 4.28. The van der Waals surface area contributed by atoms with E-state index < -0.39 is 0 Å². The molecule has 0 fully saturated rings. The average molecular weight is 433 g/mol. The number of aromatic nitrogens is 4. The second-order valence-electron chi connectivity index (χ2n) is 8.10. The van der Waals surface area contributed by atoms with Crippen LogP contribution in [0.15, 0.2) is 53.3 Å². The first-order valence-corrected chi connectivity index (χ1v) is 11.3. The third-order valence-corrected chi connectivity index (χ3v) is 6.23. The van der Waals surface area contributed by atoms with Crippen LogP contribution in [0.5, 0.6) is 0 Å². The molecule has 2 aromatic carbocycles.